The van der Waals surface area contributed by atoms with E-state index in [4.69, 9.17) is 22.3 Å². The second kappa shape index (κ2) is 10.9. The Labute approximate surface area is 235 Å². The minimum atomic E-state index is -4.58. The quantitative estimate of drug-likeness (QED) is 0.314. The van der Waals surface area contributed by atoms with E-state index in [1.807, 2.05) is 11.0 Å². The number of aromatic nitrogens is 4. The molecule has 0 saturated carbocycles. The average Bonchev–Trinajstić information content (AvgIpc) is 3.41. The highest BCUT2D eigenvalue weighted by Gasteiger charge is 2.34. The monoisotopic (exact) mass is 583 g/mol. The maximum absolute atomic E-state index is 14.0. The summed E-state index contributed by atoms with van der Waals surface area (Å²) < 4.78 is 38.9. The highest BCUT2D eigenvalue weighted by Crippen LogP contribution is 2.38. The molecular formula is C26H21ClF3N9O2. The van der Waals surface area contributed by atoms with Gasteiger partial charge < -0.3 is 21.3 Å². The zero-order chi connectivity index (χ0) is 29.3. The van der Waals surface area contributed by atoms with Gasteiger partial charge in [0.05, 0.1) is 27.7 Å². The molecule has 11 nitrogen and oxygen atoms in total. The Balaban J connectivity index is 1.64. The molecule has 0 aliphatic carbocycles. The highest BCUT2D eigenvalue weighted by molar-refractivity contribution is 6.35. The van der Waals surface area contributed by atoms with E-state index in [0.717, 1.165) is 0 Å². The number of amides is 2. The third kappa shape index (κ3) is 5.57. The van der Waals surface area contributed by atoms with Crippen LogP contribution in [0, 0.1) is 11.3 Å². The summed E-state index contributed by atoms with van der Waals surface area (Å²) in [6.45, 7) is -1.02. The van der Waals surface area contributed by atoms with E-state index < -0.39 is 30.4 Å². The van der Waals surface area contributed by atoms with Crippen LogP contribution in [0.4, 0.5) is 35.3 Å². The van der Waals surface area contributed by atoms with Crippen molar-refractivity contribution in [1.82, 2.24) is 24.8 Å². The molecule has 1 aliphatic heterocycles. The van der Waals surface area contributed by atoms with Gasteiger partial charge in [-0.15, -0.1) is 0 Å². The van der Waals surface area contributed by atoms with Crippen molar-refractivity contribution in [2.45, 2.75) is 25.1 Å². The number of nitrogens with zero attached hydrogens (tertiary/aromatic N) is 6. The standard InChI is InChI=1S/C26H21ClF3N9O2/c27-17-6-2-7-18-20(17)24(40)39(15-5-1-4-14(10-15)36-25(41)33-12-26(28,29)30)23(37-18)19-8-3-9-38(19)22-16(11-31)21(32)34-13-35-22/h1-2,4-7,10,13,19H,3,8-9,12H2,(H2,32,34,35)(H2,33,36,41). The SMILES string of the molecule is N#Cc1c(N)ncnc1N1CCCC1c1nc2cccc(Cl)c2c(=O)n1-c1cccc(NC(=O)NCC(F)(F)F)c1. The molecule has 4 aromatic rings. The first-order valence-electron chi connectivity index (χ1n) is 12.3. The van der Waals surface area contributed by atoms with Gasteiger partial charge in [-0.2, -0.15) is 18.4 Å². The molecule has 2 aromatic heterocycles. The van der Waals surface area contributed by atoms with Crippen LogP contribution in [-0.4, -0.2) is 44.8 Å². The Morgan fingerprint density at radius 3 is 2.76 bits per heavy atom. The molecule has 0 bridgehead atoms. The second-order valence-corrected chi connectivity index (χ2v) is 9.55. The summed E-state index contributed by atoms with van der Waals surface area (Å²) in [4.78, 5) is 40.9. The van der Waals surface area contributed by atoms with Crippen LogP contribution in [0.5, 0.6) is 0 Å². The van der Waals surface area contributed by atoms with Gasteiger partial charge in [-0.25, -0.2) is 19.7 Å². The number of rotatable bonds is 5. The van der Waals surface area contributed by atoms with Crippen molar-refractivity contribution in [2.75, 3.05) is 29.0 Å². The topological polar surface area (TPSA) is 155 Å². The lowest BCUT2D eigenvalue weighted by molar-refractivity contribution is -0.122. The molecule has 1 atom stereocenters. The second-order valence-electron chi connectivity index (χ2n) is 9.14. The van der Waals surface area contributed by atoms with Crippen LogP contribution in [0.15, 0.2) is 53.6 Å². The van der Waals surface area contributed by atoms with Crippen molar-refractivity contribution in [2.24, 2.45) is 0 Å². The van der Waals surface area contributed by atoms with Gasteiger partial charge in [0.25, 0.3) is 5.56 Å². The number of hydrogen-bond donors (Lipinski definition) is 3. The van der Waals surface area contributed by atoms with Crippen LogP contribution in [0.2, 0.25) is 5.02 Å². The Morgan fingerprint density at radius 1 is 1.22 bits per heavy atom. The Kier molecular flexibility index (Phi) is 7.38. The van der Waals surface area contributed by atoms with Gasteiger partial charge >= 0.3 is 12.2 Å². The normalized spacial score (nSPS) is 15.1. The molecular weight excluding hydrogens is 563 g/mol. The van der Waals surface area contributed by atoms with E-state index in [0.29, 0.717) is 36.5 Å². The van der Waals surface area contributed by atoms with Crippen molar-refractivity contribution in [3.05, 3.63) is 75.6 Å². The number of anilines is 3. The lowest BCUT2D eigenvalue weighted by Gasteiger charge is -2.28. The van der Waals surface area contributed by atoms with Gasteiger partial charge in [0.15, 0.2) is 5.82 Å². The predicted octanol–water partition coefficient (Wildman–Crippen LogP) is 4.31. The summed E-state index contributed by atoms with van der Waals surface area (Å²) in [5, 5.41) is 14.2. The van der Waals surface area contributed by atoms with Gasteiger partial charge in [-0.05, 0) is 43.2 Å². The van der Waals surface area contributed by atoms with Gasteiger partial charge in [0.2, 0.25) is 0 Å². The minimum Gasteiger partial charge on any atom is -0.382 e. The summed E-state index contributed by atoms with van der Waals surface area (Å²) >= 11 is 6.40. The zero-order valence-electron chi connectivity index (χ0n) is 21.1. The molecule has 3 heterocycles. The molecule has 0 radical (unpaired) electrons. The fraction of sp³-hybridized carbons (Fsp3) is 0.231. The fourth-order valence-corrected chi connectivity index (χ4v) is 5.01. The maximum atomic E-state index is 14.0. The fourth-order valence-electron chi connectivity index (χ4n) is 4.76. The molecule has 2 amide bonds. The maximum Gasteiger partial charge on any atom is 0.405 e. The van der Waals surface area contributed by atoms with Crippen LogP contribution in [0.1, 0.15) is 30.3 Å². The van der Waals surface area contributed by atoms with Crippen LogP contribution >= 0.6 is 11.6 Å². The van der Waals surface area contributed by atoms with Gasteiger partial charge in [-0.3, -0.25) is 9.36 Å². The zero-order valence-corrected chi connectivity index (χ0v) is 21.9. The number of nitrogens with two attached hydrogens (primary N) is 1. The number of carbonyl (C=O) groups is 1. The smallest absolute Gasteiger partial charge is 0.382 e. The summed E-state index contributed by atoms with van der Waals surface area (Å²) in [5.41, 5.74) is 6.30. The number of halogens is 4. The first-order valence-corrected chi connectivity index (χ1v) is 12.7. The molecule has 15 heteroatoms. The largest absolute Gasteiger partial charge is 0.405 e. The van der Waals surface area contributed by atoms with E-state index in [1.54, 1.807) is 29.6 Å². The van der Waals surface area contributed by atoms with Crippen molar-refractivity contribution in [1.29, 1.82) is 5.26 Å². The van der Waals surface area contributed by atoms with Crippen molar-refractivity contribution in [3.63, 3.8) is 0 Å². The molecule has 1 unspecified atom stereocenters. The van der Waals surface area contributed by atoms with E-state index in [1.165, 1.54) is 29.1 Å². The lowest BCUT2D eigenvalue weighted by atomic mass is 10.1. The van der Waals surface area contributed by atoms with Crippen LogP contribution in [0.3, 0.4) is 0 Å². The van der Waals surface area contributed by atoms with Crippen molar-refractivity contribution >= 4 is 45.9 Å². The van der Waals surface area contributed by atoms with Gasteiger partial charge in [-0.1, -0.05) is 23.7 Å². The van der Waals surface area contributed by atoms with Crippen molar-refractivity contribution < 1.29 is 18.0 Å². The molecule has 41 heavy (non-hydrogen) atoms. The Morgan fingerprint density at radius 2 is 2.00 bits per heavy atom. The number of fused-ring (bicyclic) bond motifs is 1. The first-order chi connectivity index (χ1) is 19.6. The van der Waals surface area contributed by atoms with E-state index in [2.05, 4.69) is 15.3 Å². The highest BCUT2D eigenvalue weighted by atomic mass is 35.5. The molecule has 0 spiro atoms. The van der Waals surface area contributed by atoms with E-state index in [-0.39, 0.29) is 33.2 Å². The number of nitriles is 1. The lowest BCUT2D eigenvalue weighted by Crippen LogP contribution is -2.36. The number of nitrogens with one attached hydrogen (secondary N) is 2. The number of carbonyl (C=O) groups excluding carboxylic acids is 1. The number of benzene rings is 2. The van der Waals surface area contributed by atoms with Crippen LogP contribution in [-0.2, 0) is 0 Å². The van der Waals surface area contributed by atoms with Gasteiger partial charge in [0, 0.05) is 12.2 Å². The minimum absolute atomic E-state index is 0.0152. The number of alkyl halides is 3. The summed E-state index contributed by atoms with van der Waals surface area (Å²) in [6.07, 6.45) is -2.10. The Hall–Kier alpha value is -4.90. The molecule has 2 aromatic carbocycles. The van der Waals surface area contributed by atoms with E-state index >= 15 is 0 Å². The van der Waals surface area contributed by atoms with E-state index in [9.17, 15) is 28.0 Å². The third-order valence-electron chi connectivity index (χ3n) is 6.48. The average molecular weight is 584 g/mol. The molecule has 210 valence electrons. The third-order valence-corrected chi connectivity index (χ3v) is 6.79. The Bertz CT molecular complexity index is 1750. The number of hydrogen-bond acceptors (Lipinski definition) is 8. The molecule has 1 aliphatic rings. The number of nitrogen functional groups attached to an aromatic ring is 1. The first kappa shape index (κ1) is 27.7. The summed E-state index contributed by atoms with van der Waals surface area (Å²) in [7, 11) is 0. The molecule has 4 N–H and O–H groups in total. The van der Waals surface area contributed by atoms with Crippen molar-refractivity contribution in [3.8, 4) is 11.8 Å². The predicted molar refractivity (Wildman–Crippen MR) is 146 cm³/mol. The molecule has 1 fully saturated rings. The number of urea groups is 1. The van der Waals surface area contributed by atoms with Crippen LogP contribution in [0.25, 0.3) is 16.6 Å². The summed E-state index contributed by atoms with van der Waals surface area (Å²) in [5.74, 6) is 0.620. The molecule has 1 saturated heterocycles. The molecule has 5 rings (SSSR count). The van der Waals surface area contributed by atoms with Gasteiger partial charge in [0.1, 0.15) is 36.1 Å². The van der Waals surface area contributed by atoms with Crippen LogP contribution < -0.4 is 26.8 Å². The summed E-state index contributed by atoms with van der Waals surface area (Å²) in [6, 6.07) is 11.4.